The highest BCUT2D eigenvalue weighted by Crippen LogP contribution is 2.40. The molecule has 4 heteroatoms. The van der Waals surface area contributed by atoms with Crippen LogP contribution in [-0.2, 0) is 7.05 Å². The lowest BCUT2D eigenvalue weighted by Gasteiger charge is -2.11. The van der Waals surface area contributed by atoms with Crippen molar-refractivity contribution in [1.82, 2.24) is 9.13 Å². The number of nitrogens with zero attached hydrogens (tertiary/aromatic N) is 2. The molecule has 0 saturated heterocycles. The van der Waals surface area contributed by atoms with Gasteiger partial charge in [-0.15, -0.1) is 0 Å². The number of hydrogen-bond acceptors (Lipinski definition) is 2. The quantitative estimate of drug-likeness (QED) is 0.178. The van der Waals surface area contributed by atoms with Crippen molar-refractivity contribution in [3.05, 3.63) is 193 Å². The maximum absolute atomic E-state index is 8.07. The number of rotatable bonds is 3. The lowest BCUT2D eigenvalue weighted by molar-refractivity contribution is 1.01. The highest BCUT2D eigenvalue weighted by Gasteiger charge is 2.24. The second-order valence-corrected chi connectivity index (χ2v) is 14.0. The Bertz CT molecular complexity index is 3090. The van der Waals surface area contributed by atoms with Crippen molar-refractivity contribution >= 4 is 55.0 Å². The fourth-order valence-corrected chi connectivity index (χ4v) is 8.38. The van der Waals surface area contributed by atoms with Crippen LogP contribution in [0, 0.1) is 5.41 Å². The third kappa shape index (κ3) is 4.96. The van der Waals surface area contributed by atoms with Gasteiger partial charge in [0.05, 0.1) is 16.7 Å². The first-order valence-corrected chi connectivity index (χ1v) is 18.3. The zero-order valence-electron chi connectivity index (χ0n) is 29.8. The number of aromatic nitrogens is 2. The number of nitrogens with one attached hydrogen (secondary N) is 1. The van der Waals surface area contributed by atoms with Crippen molar-refractivity contribution in [2.45, 2.75) is 0 Å². The Labute approximate surface area is 313 Å². The van der Waals surface area contributed by atoms with E-state index in [-0.39, 0.29) is 0 Å². The first-order chi connectivity index (χ1) is 26.5. The van der Waals surface area contributed by atoms with E-state index in [0.29, 0.717) is 11.4 Å². The highest BCUT2D eigenvalue weighted by molar-refractivity contribution is 6.25. The molecule has 4 nitrogen and oxygen atoms in total. The van der Waals surface area contributed by atoms with Gasteiger partial charge in [0, 0.05) is 62.1 Å². The molecule has 0 atom stereocenters. The van der Waals surface area contributed by atoms with E-state index in [0.717, 1.165) is 22.3 Å². The molecular weight excluding hydrogens is 657 g/mol. The molecule has 0 amide bonds. The van der Waals surface area contributed by atoms with Crippen molar-refractivity contribution in [2.75, 3.05) is 5.73 Å². The van der Waals surface area contributed by atoms with Crippen LogP contribution >= 0.6 is 0 Å². The SMILES string of the molecule is Cn1c2ccccc2c2cc(-c3ccc4c(c3)c3ccccc3n4-c3cccc(-c4ccccc4)c3)ccc21.N=C1c2ccccc2-c2cccc(N)c21. The number of fused-ring (bicyclic) bond motifs is 9. The number of anilines is 1. The molecule has 0 radical (unpaired) electrons. The molecule has 8 aromatic carbocycles. The van der Waals surface area contributed by atoms with E-state index in [1.807, 2.05) is 42.5 Å². The van der Waals surface area contributed by atoms with Gasteiger partial charge in [-0.2, -0.15) is 0 Å². The summed E-state index contributed by atoms with van der Waals surface area (Å²) >= 11 is 0. The van der Waals surface area contributed by atoms with Crippen molar-refractivity contribution in [3.8, 4) is 39.1 Å². The molecule has 0 unspecified atom stereocenters. The number of benzene rings is 8. The lowest BCUT2D eigenvalue weighted by Crippen LogP contribution is -2.00. The second-order valence-electron chi connectivity index (χ2n) is 14.0. The summed E-state index contributed by atoms with van der Waals surface area (Å²) in [5.74, 6) is 0. The van der Waals surface area contributed by atoms with Crippen LogP contribution in [0.2, 0.25) is 0 Å². The van der Waals surface area contributed by atoms with E-state index in [1.165, 1.54) is 71.6 Å². The zero-order chi connectivity index (χ0) is 36.3. The molecule has 0 fully saturated rings. The van der Waals surface area contributed by atoms with Gasteiger partial charge >= 0.3 is 0 Å². The predicted octanol–water partition coefficient (Wildman–Crippen LogP) is 12.4. The van der Waals surface area contributed by atoms with Crippen LogP contribution in [0.5, 0.6) is 0 Å². The number of aryl methyl sites for hydroxylation is 1. The summed E-state index contributed by atoms with van der Waals surface area (Å²) in [6.07, 6.45) is 0. The van der Waals surface area contributed by atoms with E-state index in [2.05, 4.69) is 156 Å². The average molecular weight is 693 g/mol. The fraction of sp³-hybridized carbons (Fsp3) is 0.0200. The number of nitrogens with two attached hydrogens (primary N) is 1. The first kappa shape index (κ1) is 31.6. The van der Waals surface area contributed by atoms with Crippen molar-refractivity contribution in [3.63, 3.8) is 0 Å². The van der Waals surface area contributed by atoms with Gasteiger partial charge in [0.1, 0.15) is 0 Å². The van der Waals surface area contributed by atoms with Gasteiger partial charge in [-0.3, -0.25) is 5.41 Å². The monoisotopic (exact) mass is 692 g/mol. The minimum Gasteiger partial charge on any atom is -0.398 e. The second kappa shape index (κ2) is 12.5. The van der Waals surface area contributed by atoms with Crippen LogP contribution in [0.15, 0.2) is 182 Å². The summed E-state index contributed by atoms with van der Waals surface area (Å²) in [5.41, 5.74) is 22.2. The Morgan fingerprint density at radius 1 is 0.407 bits per heavy atom. The Balaban J connectivity index is 0.000000201. The Morgan fingerprint density at radius 2 is 0.926 bits per heavy atom. The van der Waals surface area contributed by atoms with Crippen molar-refractivity contribution in [2.24, 2.45) is 7.05 Å². The van der Waals surface area contributed by atoms with Crippen LogP contribution < -0.4 is 5.73 Å². The molecule has 1 aliphatic rings. The third-order valence-corrected chi connectivity index (χ3v) is 11.0. The van der Waals surface area contributed by atoms with E-state index in [1.54, 1.807) is 0 Å². The summed E-state index contributed by atoms with van der Waals surface area (Å²) in [7, 11) is 2.15. The van der Waals surface area contributed by atoms with Gasteiger partial charge in [0.25, 0.3) is 0 Å². The van der Waals surface area contributed by atoms with Crippen LogP contribution in [-0.4, -0.2) is 14.8 Å². The van der Waals surface area contributed by atoms with Gasteiger partial charge in [-0.25, -0.2) is 0 Å². The van der Waals surface area contributed by atoms with Gasteiger partial charge < -0.3 is 14.9 Å². The summed E-state index contributed by atoms with van der Waals surface area (Å²) in [5, 5.41) is 13.2. The van der Waals surface area contributed by atoms with Gasteiger partial charge in [0.2, 0.25) is 0 Å². The molecule has 0 aliphatic heterocycles. The molecule has 2 aromatic heterocycles. The van der Waals surface area contributed by atoms with Crippen LogP contribution in [0.3, 0.4) is 0 Å². The molecule has 11 rings (SSSR count). The Morgan fingerprint density at radius 3 is 1.70 bits per heavy atom. The molecule has 0 bridgehead atoms. The maximum Gasteiger partial charge on any atom is 0.0717 e. The normalized spacial score (nSPS) is 11.9. The number of para-hydroxylation sites is 2. The Kier molecular flexibility index (Phi) is 7.31. The minimum absolute atomic E-state index is 0.540. The number of hydrogen-bond donors (Lipinski definition) is 2. The van der Waals surface area contributed by atoms with Crippen molar-refractivity contribution < 1.29 is 0 Å². The van der Waals surface area contributed by atoms with E-state index in [4.69, 9.17) is 11.1 Å². The molecule has 10 aromatic rings. The summed E-state index contributed by atoms with van der Waals surface area (Å²) in [6.45, 7) is 0. The highest BCUT2D eigenvalue weighted by atomic mass is 15.0. The topological polar surface area (TPSA) is 59.7 Å². The molecule has 2 heterocycles. The average Bonchev–Trinajstić information content (AvgIpc) is 3.83. The lowest BCUT2D eigenvalue weighted by atomic mass is 10.0. The number of nitrogen functional groups attached to an aromatic ring is 1. The van der Waals surface area contributed by atoms with Crippen LogP contribution in [0.1, 0.15) is 11.1 Å². The summed E-state index contributed by atoms with van der Waals surface area (Å²) in [6, 6.07) is 64.4. The predicted molar refractivity (Wildman–Crippen MR) is 228 cm³/mol. The van der Waals surface area contributed by atoms with Gasteiger partial charge in [-0.1, -0.05) is 127 Å². The molecule has 256 valence electrons. The van der Waals surface area contributed by atoms with Crippen LogP contribution in [0.25, 0.3) is 82.7 Å². The fourth-order valence-electron chi connectivity index (χ4n) is 8.38. The minimum atomic E-state index is 0.540. The van der Waals surface area contributed by atoms with Crippen molar-refractivity contribution in [1.29, 1.82) is 5.41 Å². The molecule has 0 spiro atoms. The molecule has 0 saturated carbocycles. The molecule has 54 heavy (non-hydrogen) atoms. The molecule has 3 N–H and O–H groups in total. The van der Waals surface area contributed by atoms with Crippen LogP contribution in [0.4, 0.5) is 5.69 Å². The molecule has 1 aliphatic carbocycles. The Hall–Kier alpha value is -7.17. The standard InChI is InChI=1S/C37H26N2.C13H10N2/c1-38-34-16-7-5-14-30(34)32-23-27(18-20-35(32)38)28-19-21-37-33(24-28)31-15-6-8-17-36(31)39(37)29-13-9-12-26(22-29)25-10-3-2-4-11-25;14-11-7-3-6-9-8-4-1-2-5-10(8)13(15)12(9)11/h2-24H,1H3;1-7,15H,14H2. The largest absolute Gasteiger partial charge is 0.398 e. The van der Waals surface area contributed by atoms with E-state index < -0.39 is 0 Å². The zero-order valence-corrected chi connectivity index (χ0v) is 29.8. The first-order valence-electron chi connectivity index (χ1n) is 18.3. The molecular formula is C50H36N4. The van der Waals surface area contributed by atoms with E-state index >= 15 is 0 Å². The summed E-state index contributed by atoms with van der Waals surface area (Å²) < 4.78 is 4.68. The van der Waals surface area contributed by atoms with E-state index in [9.17, 15) is 0 Å². The smallest absolute Gasteiger partial charge is 0.0717 e. The summed E-state index contributed by atoms with van der Waals surface area (Å²) in [4.78, 5) is 0. The third-order valence-electron chi connectivity index (χ3n) is 11.0. The van der Waals surface area contributed by atoms with Gasteiger partial charge in [-0.05, 0) is 88.0 Å². The maximum atomic E-state index is 8.07. The van der Waals surface area contributed by atoms with Gasteiger partial charge in [0.15, 0.2) is 0 Å².